The van der Waals surface area contributed by atoms with Crippen LogP contribution in [-0.2, 0) is 13.1 Å². The van der Waals surface area contributed by atoms with Crippen molar-refractivity contribution in [2.24, 2.45) is 0 Å². The predicted octanol–water partition coefficient (Wildman–Crippen LogP) is 6.40. The van der Waals surface area contributed by atoms with Gasteiger partial charge in [0.1, 0.15) is 0 Å². The molecule has 0 saturated heterocycles. The maximum absolute atomic E-state index is 4.50. The molecule has 0 aromatic carbocycles. The van der Waals surface area contributed by atoms with Crippen molar-refractivity contribution in [3.8, 4) is 0 Å². The Bertz CT molecular complexity index is 529. The van der Waals surface area contributed by atoms with Crippen LogP contribution in [0.25, 0.3) is 0 Å². The summed E-state index contributed by atoms with van der Waals surface area (Å²) < 4.78 is 0. The van der Waals surface area contributed by atoms with Gasteiger partial charge in [-0.3, -0.25) is 14.9 Å². The molecule has 27 heavy (non-hydrogen) atoms. The summed E-state index contributed by atoms with van der Waals surface area (Å²) in [7, 11) is 0. The first-order valence-corrected chi connectivity index (χ1v) is 10.9. The molecular formula is C24H37N3. The summed E-state index contributed by atoms with van der Waals surface area (Å²) in [6, 6.07) is 12.3. The molecule has 0 saturated carbocycles. The van der Waals surface area contributed by atoms with E-state index in [2.05, 4.69) is 46.1 Å². The van der Waals surface area contributed by atoms with E-state index in [4.69, 9.17) is 0 Å². The summed E-state index contributed by atoms with van der Waals surface area (Å²) in [4.78, 5) is 11.5. The summed E-state index contributed by atoms with van der Waals surface area (Å²) in [5.41, 5.74) is 2.28. The molecule has 0 unspecified atom stereocenters. The topological polar surface area (TPSA) is 29.0 Å². The van der Waals surface area contributed by atoms with Crippen LogP contribution in [0.5, 0.6) is 0 Å². The van der Waals surface area contributed by atoms with Gasteiger partial charge in [-0.05, 0) is 37.2 Å². The molecule has 0 aliphatic rings. The zero-order chi connectivity index (χ0) is 19.0. The van der Waals surface area contributed by atoms with Crippen molar-refractivity contribution in [2.75, 3.05) is 6.54 Å². The number of rotatable bonds is 15. The number of pyridine rings is 2. The number of hydrogen-bond donors (Lipinski definition) is 0. The smallest absolute Gasteiger partial charge is 0.0544 e. The molecule has 0 atom stereocenters. The molecule has 148 valence electrons. The van der Waals surface area contributed by atoms with Crippen LogP contribution in [0.1, 0.15) is 82.5 Å². The van der Waals surface area contributed by atoms with Gasteiger partial charge in [-0.25, -0.2) is 0 Å². The molecule has 0 fully saturated rings. The second-order valence-corrected chi connectivity index (χ2v) is 7.53. The van der Waals surface area contributed by atoms with Gasteiger partial charge in [0, 0.05) is 25.5 Å². The van der Waals surface area contributed by atoms with E-state index in [1.807, 2.05) is 24.5 Å². The van der Waals surface area contributed by atoms with Gasteiger partial charge in [-0.2, -0.15) is 0 Å². The van der Waals surface area contributed by atoms with E-state index in [0.717, 1.165) is 31.0 Å². The van der Waals surface area contributed by atoms with Crippen LogP contribution in [0.15, 0.2) is 48.8 Å². The Balaban J connectivity index is 1.66. The van der Waals surface area contributed by atoms with Gasteiger partial charge in [0.05, 0.1) is 11.4 Å². The Morgan fingerprint density at radius 1 is 0.630 bits per heavy atom. The molecule has 0 N–H and O–H groups in total. The van der Waals surface area contributed by atoms with Crippen molar-refractivity contribution >= 4 is 0 Å². The first-order chi connectivity index (χ1) is 13.4. The number of aromatic nitrogens is 2. The molecule has 2 aromatic rings. The summed E-state index contributed by atoms with van der Waals surface area (Å²) in [5, 5.41) is 0. The van der Waals surface area contributed by atoms with Gasteiger partial charge < -0.3 is 0 Å². The second kappa shape index (κ2) is 14.3. The first kappa shape index (κ1) is 21.6. The van der Waals surface area contributed by atoms with Gasteiger partial charge in [0.2, 0.25) is 0 Å². The van der Waals surface area contributed by atoms with E-state index in [1.165, 1.54) is 64.2 Å². The first-order valence-electron chi connectivity index (χ1n) is 10.9. The highest BCUT2D eigenvalue weighted by Crippen LogP contribution is 2.12. The minimum absolute atomic E-state index is 0.898. The lowest BCUT2D eigenvalue weighted by Crippen LogP contribution is -2.25. The van der Waals surface area contributed by atoms with Crippen molar-refractivity contribution in [3.63, 3.8) is 0 Å². The Morgan fingerprint density at radius 3 is 1.56 bits per heavy atom. The highest BCUT2D eigenvalue weighted by molar-refractivity contribution is 5.06. The molecule has 0 aliphatic heterocycles. The standard InChI is InChI=1S/C24H37N3/c1-2-3-4-5-6-7-8-9-10-15-20-27(21-23-16-11-13-18-25-23)22-24-17-12-14-19-26-24/h11-14,16-19H,2-10,15,20-22H2,1H3. The number of nitrogens with zero attached hydrogens (tertiary/aromatic N) is 3. The average molecular weight is 368 g/mol. The maximum Gasteiger partial charge on any atom is 0.0544 e. The molecule has 0 radical (unpaired) electrons. The van der Waals surface area contributed by atoms with Gasteiger partial charge in [-0.15, -0.1) is 0 Å². The van der Waals surface area contributed by atoms with E-state index >= 15 is 0 Å². The van der Waals surface area contributed by atoms with E-state index in [-0.39, 0.29) is 0 Å². The van der Waals surface area contributed by atoms with E-state index in [1.54, 1.807) is 0 Å². The third-order valence-electron chi connectivity index (χ3n) is 5.05. The maximum atomic E-state index is 4.50. The highest BCUT2D eigenvalue weighted by Gasteiger charge is 2.08. The third-order valence-corrected chi connectivity index (χ3v) is 5.05. The van der Waals surface area contributed by atoms with Crippen molar-refractivity contribution in [1.82, 2.24) is 14.9 Å². The molecule has 2 rings (SSSR count). The number of unbranched alkanes of at least 4 members (excludes halogenated alkanes) is 9. The van der Waals surface area contributed by atoms with Crippen LogP contribution in [-0.4, -0.2) is 21.4 Å². The quantitative estimate of drug-likeness (QED) is 0.341. The Kier molecular flexibility index (Phi) is 11.4. The molecule has 0 spiro atoms. The molecule has 0 aliphatic carbocycles. The minimum Gasteiger partial charge on any atom is -0.292 e. The van der Waals surface area contributed by atoms with Crippen molar-refractivity contribution < 1.29 is 0 Å². The number of hydrogen-bond acceptors (Lipinski definition) is 3. The van der Waals surface area contributed by atoms with Crippen molar-refractivity contribution in [2.45, 2.75) is 84.2 Å². The molecule has 2 aromatic heterocycles. The molecular weight excluding hydrogens is 330 g/mol. The zero-order valence-electron chi connectivity index (χ0n) is 17.2. The Morgan fingerprint density at radius 2 is 1.11 bits per heavy atom. The minimum atomic E-state index is 0.898. The summed E-state index contributed by atoms with van der Waals surface area (Å²) in [5.74, 6) is 0. The van der Waals surface area contributed by atoms with E-state index in [9.17, 15) is 0 Å². The fourth-order valence-electron chi connectivity index (χ4n) is 3.48. The van der Waals surface area contributed by atoms with Gasteiger partial charge in [0.15, 0.2) is 0 Å². The third kappa shape index (κ3) is 10.2. The van der Waals surface area contributed by atoms with Crippen LogP contribution >= 0.6 is 0 Å². The molecule has 3 heteroatoms. The molecule has 0 amide bonds. The summed E-state index contributed by atoms with van der Waals surface area (Å²) in [6.45, 7) is 5.19. The van der Waals surface area contributed by atoms with Crippen LogP contribution in [0, 0.1) is 0 Å². The van der Waals surface area contributed by atoms with E-state index < -0.39 is 0 Å². The van der Waals surface area contributed by atoms with Gasteiger partial charge >= 0.3 is 0 Å². The largest absolute Gasteiger partial charge is 0.292 e. The predicted molar refractivity (Wildman–Crippen MR) is 114 cm³/mol. The fraction of sp³-hybridized carbons (Fsp3) is 0.583. The normalized spacial score (nSPS) is 11.2. The van der Waals surface area contributed by atoms with Gasteiger partial charge in [0.25, 0.3) is 0 Å². The Labute approximate surface area is 166 Å². The lowest BCUT2D eigenvalue weighted by Gasteiger charge is -2.21. The molecule has 2 heterocycles. The molecule has 3 nitrogen and oxygen atoms in total. The fourth-order valence-corrected chi connectivity index (χ4v) is 3.48. The van der Waals surface area contributed by atoms with Crippen LogP contribution in [0.2, 0.25) is 0 Å². The molecule has 0 bridgehead atoms. The second-order valence-electron chi connectivity index (χ2n) is 7.53. The average Bonchev–Trinajstić information content (AvgIpc) is 2.71. The highest BCUT2D eigenvalue weighted by atomic mass is 15.1. The van der Waals surface area contributed by atoms with Crippen LogP contribution in [0.3, 0.4) is 0 Å². The van der Waals surface area contributed by atoms with Gasteiger partial charge in [-0.1, -0.05) is 76.8 Å². The van der Waals surface area contributed by atoms with Crippen molar-refractivity contribution in [1.29, 1.82) is 0 Å². The summed E-state index contributed by atoms with van der Waals surface area (Å²) >= 11 is 0. The lowest BCUT2D eigenvalue weighted by atomic mass is 10.1. The lowest BCUT2D eigenvalue weighted by molar-refractivity contribution is 0.244. The monoisotopic (exact) mass is 367 g/mol. The van der Waals surface area contributed by atoms with Crippen LogP contribution in [0.4, 0.5) is 0 Å². The SMILES string of the molecule is CCCCCCCCCCCCN(Cc1ccccn1)Cc1ccccn1. The van der Waals surface area contributed by atoms with E-state index in [0.29, 0.717) is 0 Å². The Hall–Kier alpha value is -1.74. The zero-order valence-corrected chi connectivity index (χ0v) is 17.2. The summed E-state index contributed by atoms with van der Waals surface area (Å²) in [6.07, 6.45) is 17.6. The van der Waals surface area contributed by atoms with Crippen LogP contribution < -0.4 is 0 Å². The van der Waals surface area contributed by atoms with Crippen molar-refractivity contribution in [3.05, 3.63) is 60.2 Å².